The average Bonchev–Trinajstić information content (AvgIpc) is 2.64. The van der Waals surface area contributed by atoms with Crippen LogP contribution in [-0.2, 0) is 10.2 Å². The molecule has 2 aromatic carbocycles. The highest BCUT2D eigenvalue weighted by Gasteiger charge is 2.14. The number of non-ortho nitro benzene ring substituents is 1. The molecule has 27 heavy (non-hydrogen) atoms. The Kier molecular flexibility index (Phi) is 6.07. The first-order valence-corrected chi connectivity index (χ1v) is 8.30. The second-order valence-corrected chi connectivity index (χ2v) is 6.95. The highest BCUT2D eigenvalue weighted by atomic mass is 16.6. The fourth-order valence-corrected chi connectivity index (χ4v) is 2.23. The van der Waals surface area contributed by atoms with Gasteiger partial charge in [0.2, 0.25) is 0 Å². The topological polar surface area (TPSA) is 101 Å². The summed E-state index contributed by atoms with van der Waals surface area (Å²) in [5.74, 6) is -0.944. The second kappa shape index (κ2) is 8.27. The van der Waals surface area contributed by atoms with Crippen LogP contribution < -0.4 is 10.9 Å². The van der Waals surface area contributed by atoms with E-state index in [0.29, 0.717) is 11.1 Å². The molecule has 140 valence electrons. The van der Waals surface area contributed by atoms with Crippen molar-refractivity contribution >= 4 is 23.6 Å². The molecule has 7 heteroatoms. The number of carbonyl (C=O) groups excluding carboxylic acids is 2. The zero-order chi connectivity index (χ0) is 20.0. The third kappa shape index (κ3) is 5.78. The Bertz CT molecular complexity index is 864. The first kappa shape index (κ1) is 19.8. The molecule has 2 rings (SSSR count). The summed E-state index contributed by atoms with van der Waals surface area (Å²) in [5, 5.41) is 10.6. The van der Waals surface area contributed by atoms with Gasteiger partial charge in [0.05, 0.1) is 4.92 Å². The standard InChI is InChI=1S/C20H21N3O4/c1-20(2,3)16-9-7-15(8-10-16)19(25)22-21-18(24)13-6-14-4-11-17(12-5-14)23(26)27/h4-13H,1-3H3,(H,21,24)(H,22,25)/b13-6+. The molecule has 0 saturated carbocycles. The maximum absolute atomic E-state index is 12.1. The Morgan fingerprint density at radius 1 is 0.963 bits per heavy atom. The molecule has 0 aliphatic carbocycles. The Morgan fingerprint density at radius 3 is 2.07 bits per heavy atom. The van der Waals surface area contributed by atoms with Crippen LogP contribution in [0.2, 0.25) is 0 Å². The first-order chi connectivity index (χ1) is 12.7. The Hall–Kier alpha value is -3.48. The Balaban J connectivity index is 1.89. The highest BCUT2D eigenvalue weighted by Crippen LogP contribution is 2.22. The minimum atomic E-state index is -0.520. The predicted molar refractivity (Wildman–Crippen MR) is 103 cm³/mol. The van der Waals surface area contributed by atoms with E-state index in [1.165, 1.54) is 36.4 Å². The van der Waals surface area contributed by atoms with Gasteiger partial charge in [0.15, 0.2) is 0 Å². The summed E-state index contributed by atoms with van der Waals surface area (Å²) < 4.78 is 0. The fourth-order valence-electron chi connectivity index (χ4n) is 2.23. The molecule has 0 spiro atoms. The molecule has 2 N–H and O–H groups in total. The number of nitrogens with one attached hydrogen (secondary N) is 2. The van der Waals surface area contributed by atoms with E-state index in [2.05, 4.69) is 31.6 Å². The van der Waals surface area contributed by atoms with Crippen LogP contribution in [-0.4, -0.2) is 16.7 Å². The van der Waals surface area contributed by atoms with Gasteiger partial charge in [-0.25, -0.2) is 0 Å². The number of rotatable bonds is 4. The molecule has 7 nitrogen and oxygen atoms in total. The Labute approximate surface area is 157 Å². The van der Waals surface area contributed by atoms with E-state index >= 15 is 0 Å². The van der Waals surface area contributed by atoms with Crippen molar-refractivity contribution in [1.82, 2.24) is 10.9 Å². The summed E-state index contributed by atoms with van der Waals surface area (Å²) in [6.45, 7) is 6.25. The van der Waals surface area contributed by atoms with Crippen molar-refractivity contribution in [3.05, 3.63) is 81.4 Å². The minimum absolute atomic E-state index is 0.00805. The number of hydrogen-bond donors (Lipinski definition) is 2. The highest BCUT2D eigenvalue weighted by molar-refractivity contribution is 5.97. The van der Waals surface area contributed by atoms with Crippen LogP contribution in [0.1, 0.15) is 42.3 Å². The van der Waals surface area contributed by atoms with Gasteiger partial charge in [0.25, 0.3) is 17.5 Å². The van der Waals surface area contributed by atoms with Crippen molar-refractivity contribution in [2.45, 2.75) is 26.2 Å². The third-order valence-electron chi connectivity index (χ3n) is 3.84. The predicted octanol–water partition coefficient (Wildman–Crippen LogP) is 3.37. The van der Waals surface area contributed by atoms with Crippen LogP contribution in [0.25, 0.3) is 6.08 Å². The molecule has 0 fully saturated rings. The van der Waals surface area contributed by atoms with Gasteiger partial charge < -0.3 is 0 Å². The number of amides is 2. The molecule has 0 aliphatic rings. The van der Waals surface area contributed by atoms with Gasteiger partial charge in [-0.05, 0) is 46.9 Å². The lowest BCUT2D eigenvalue weighted by atomic mass is 9.87. The van der Waals surface area contributed by atoms with E-state index in [1.54, 1.807) is 12.1 Å². The van der Waals surface area contributed by atoms with E-state index in [-0.39, 0.29) is 11.1 Å². The smallest absolute Gasteiger partial charge is 0.268 e. The zero-order valence-corrected chi connectivity index (χ0v) is 15.4. The number of hydrazine groups is 1. The zero-order valence-electron chi connectivity index (χ0n) is 15.4. The number of hydrogen-bond acceptors (Lipinski definition) is 4. The molecule has 0 bridgehead atoms. The van der Waals surface area contributed by atoms with Gasteiger partial charge in [0, 0.05) is 23.8 Å². The maximum Gasteiger partial charge on any atom is 0.269 e. The summed E-state index contributed by atoms with van der Waals surface area (Å²) in [7, 11) is 0. The molecule has 2 amide bonds. The van der Waals surface area contributed by atoms with Crippen LogP contribution in [0.5, 0.6) is 0 Å². The van der Waals surface area contributed by atoms with Crippen LogP contribution in [0.4, 0.5) is 5.69 Å². The molecular formula is C20H21N3O4. The van der Waals surface area contributed by atoms with Crippen molar-refractivity contribution in [3.63, 3.8) is 0 Å². The first-order valence-electron chi connectivity index (χ1n) is 8.30. The maximum atomic E-state index is 12.1. The molecule has 0 aliphatic heterocycles. The largest absolute Gasteiger partial charge is 0.269 e. The van der Waals surface area contributed by atoms with E-state index in [9.17, 15) is 19.7 Å². The van der Waals surface area contributed by atoms with Gasteiger partial charge in [-0.2, -0.15) is 0 Å². The van der Waals surface area contributed by atoms with Gasteiger partial charge in [-0.15, -0.1) is 0 Å². The van der Waals surface area contributed by atoms with Crippen LogP contribution >= 0.6 is 0 Å². The lowest BCUT2D eigenvalue weighted by Crippen LogP contribution is -2.40. The monoisotopic (exact) mass is 367 g/mol. The van der Waals surface area contributed by atoms with E-state index in [0.717, 1.165) is 5.56 Å². The van der Waals surface area contributed by atoms with E-state index in [1.807, 2.05) is 12.1 Å². The minimum Gasteiger partial charge on any atom is -0.268 e. The molecule has 0 atom stereocenters. The summed E-state index contributed by atoms with van der Waals surface area (Å²) >= 11 is 0. The summed E-state index contributed by atoms with van der Waals surface area (Å²) in [4.78, 5) is 34.0. The van der Waals surface area contributed by atoms with Crippen molar-refractivity contribution < 1.29 is 14.5 Å². The number of nitro groups is 1. The second-order valence-electron chi connectivity index (χ2n) is 6.95. The fraction of sp³-hybridized carbons (Fsp3) is 0.200. The summed E-state index contributed by atoms with van der Waals surface area (Å²) in [5.41, 5.74) is 6.76. The lowest BCUT2D eigenvalue weighted by molar-refractivity contribution is -0.384. The van der Waals surface area contributed by atoms with Gasteiger partial charge in [-0.3, -0.25) is 30.6 Å². The van der Waals surface area contributed by atoms with Crippen molar-refractivity contribution in [2.75, 3.05) is 0 Å². The van der Waals surface area contributed by atoms with Crippen LogP contribution in [0.15, 0.2) is 54.6 Å². The lowest BCUT2D eigenvalue weighted by Gasteiger charge is -2.19. The van der Waals surface area contributed by atoms with Crippen molar-refractivity contribution in [1.29, 1.82) is 0 Å². The third-order valence-corrected chi connectivity index (χ3v) is 3.84. The normalized spacial score (nSPS) is 11.2. The molecule has 2 aromatic rings. The summed E-state index contributed by atoms with van der Waals surface area (Å²) in [6, 6.07) is 12.9. The summed E-state index contributed by atoms with van der Waals surface area (Å²) in [6.07, 6.45) is 2.72. The number of carbonyl (C=O) groups is 2. The van der Waals surface area contributed by atoms with Crippen LogP contribution in [0.3, 0.4) is 0 Å². The van der Waals surface area contributed by atoms with Crippen molar-refractivity contribution in [3.8, 4) is 0 Å². The molecule has 0 saturated heterocycles. The molecular weight excluding hydrogens is 346 g/mol. The van der Waals surface area contributed by atoms with Crippen LogP contribution in [0, 0.1) is 10.1 Å². The van der Waals surface area contributed by atoms with Gasteiger partial charge in [-0.1, -0.05) is 32.9 Å². The molecule has 0 aromatic heterocycles. The van der Waals surface area contributed by atoms with Crippen molar-refractivity contribution in [2.24, 2.45) is 0 Å². The number of benzene rings is 2. The van der Waals surface area contributed by atoms with Gasteiger partial charge >= 0.3 is 0 Å². The SMILES string of the molecule is CC(C)(C)c1ccc(C(=O)NNC(=O)/C=C/c2ccc([N+](=O)[O-])cc2)cc1. The molecule has 0 unspecified atom stereocenters. The molecule has 0 radical (unpaired) electrons. The quantitative estimate of drug-likeness (QED) is 0.491. The van der Waals surface area contributed by atoms with E-state index < -0.39 is 16.7 Å². The number of nitrogens with zero attached hydrogens (tertiary/aromatic N) is 1. The Morgan fingerprint density at radius 2 is 1.56 bits per heavy atom. The van der Waals surface area contributed by atoms with E-state index in [4.69, 9.17) is 0 Å². The number of nitro benzene ring substituents is 1. The average molecular weight is 367 g/mol. The molecule has 0 heterocycles. The van der Waals surface area contributed by atoms with Gasteiger partial charge in [0.1, 0.15) is 0 Å².